The molecule has 23 heavy (non-hydrogen) atoms. The molecule has 0 aliphatic rings. The van der Waals surface area contributed by atoms with Crippen LogP contribution < -0.4 is 5.43 Å². The van der Waals surface area contributed by atoms with E-state index in [4.69, 9.17) is 0 Å². The molecular weight excluding hydrogens is 356 g/mol. The number of aromatic nitrogens is 2. The molecule has 0 bridgehead atoms. The van der Waals surface area contributed by atoms with Gasteiger partial charge in [0.1, 0.15) is 0 Å². The summed E-state index contributed by atoms with van der Waals surface area (Å²) in [6, 6.07) is 11.6. The summed E-state index contributed by atoms with van der Waals surface area (Å²) in [6.07, 6.45) is 3.43. The number of nitrogens with one attached hydrogen (secondary N) is 2. The number of aromatic amines is 1. The molecule has 0 spiro atoms. The molecule has 0 unspecified atom stereocenters. The smallest absolute Gasteiger partial charge is 0.281 e. The monoisotopic (exact) mass is 374 g/mol. The third-order valence-electron chi connectivity index (χ3n) is 3.08. The highest BCUT2D eigenvalue weighted by molar-refractivity contribution is 9.12. The summed E-state index contributed by atoms with van der Waals surface area (Å²) in [5.41, 5.74) is 4.63. The van der Waals surface area contributed by atoms with Crippen LogP contribution in [0.3, 0.4) is 0 Å². The van der Waals surface area contributed by atoms with E-state index in [0.29, 0.717) is 5.69 Å². The Hall–Kier alpha value is -2.21. The van der Waals surface area contributed by atoms with Crippen LogP contribution in [0.1, 0.15) is 42.5 Å². The number of hydrazone groups is 1. The van der Waals surface area contributed by atoms with Crippen molar-refractivity contribution in [2.75, 3.05) is 0 Å². The normalized spacial score (nSPS) is 12.6. The SMILES string of the molecule is CC(C)(C)c1cc(C(=O)N/N=C/C(Br)=C/c2ccccc2)n[nH]1. The van der Waals surface area contributed by atoms with Gasteiger partial charge in [-0.2, -0.15) is 10.2 Å². The summed E-state index contributed by atoms with van der Waals surface area (Å²) in [5.74, 6) is -0.354. The van der Waals surface area contributed by atoms with Crippen molar-refractivity contribution in [1.29, 1.82) is 0 Å². The number of allylic oxidation sites excluding steroid dienone is 1. The van der Waals surface area contributed by atoms with Crippen molar-refractivity contribution in [2.45, 2.75) is 26.2 Å². The van der Waals surface area contributed by atoms with Gasteiger partial charge in [0.25, 0.3) is 5.91 Å². The van der Waals surface area contributed by atoms with E-state index in [1.807, 2.05) is 57.2 Å². The first-order valence-electron chi connectivity index (χ1n) is 7.18. The van der Waals surface area contributed by atoms with Gasteiger partial charge in [-0.15, -0.1) is 0 Å². The molecular formula is C17H19BrN4O. The van der Waals surface area contributed by atoms with Gasteiger partial charge in [-0.1, -0.05) is 51.1 Å². The Bertz CT molecular complexity index is 727. The van der Waals surface area contributed by atoms with Crippen molar-refractivity contribution in [3.63, 3.8) is 0 Å². The van der Waals surface area contributed by atoms with Crippen LogP contribution in [0, 0.1) is 0 Å². The second-order valence-corrected chi connectivity index (χ2v) is 6.97. The first-order chi connectivity index (χ1) is 10.9. The first-order valence-corrected chi connectivity index (χ1v) is 7.97. The van der Waals surface area contributed by atoms with Gasteiger partial charge < -0.3 is 0 Å². The summed E-state index contributed by atoms with van der Waals surface area (Å²) in [5, 5.41) is 10.8. The fraction of sp³-hybridized carbons (Fsp3) is 0.235. The van der Waals surface area contributed by atoms with Gasteiger partial charge in [0.2, 0.25) is 0 Å². The lowest BCUT2D eigenvalue weighted by atomic mass is 9.92. The predicted molar refractivity (Wildman–Crippen MR) is 96.6 cm³/mol. The lowest BCUT2D eigenvalue weighted by Crippen LogP contribution is -2.18. The van der Waals surface area contributed by atoms with Gasteiger partial charge in [-0.05, 0) is 33.6 Å². The van der Waals surface area contributed by atoms with E-state index in [1.54, 1.807) is 6.07 Å². The molecule has 0 radical (unpaired) electrons. The molecule has 2 rings (SSSR count). The molecule has 120 valence electrons. The van der Waals surface area contributed by atoms with Crippen LogP contribution in [0.2, 0.25) is 0 Å². The average molecular weight is 375 g/mol. The quantitative estimate of drug-likeness (QED) is 0.629. The number of benzene rings is 1. The van der Waals surface area contributed by atoms with E-state index in [2.05, 4.69) is 36.7 Å². The number of rotatable bonds is 4. The molecule has 0 fully saturated rings. The second-order valence-electron chi connectivity index (χ2n) is 6.06. The van der Waals surface area contributed by atoms with Crippen LogP contribution in [0.5, 0.6) is 0 Å². The van der Waals surface area contributed by atoms with Crippen molar-refractivity contribution in [3.8, 4) is 0 Å². The van der Waals surface area contributed by atoms with E-state index < -0.39 is 0 Å². The van der Waals surface area contributed by atoms with Gasteiger partial charge in [-0.25, -0.2) is 5.43 Å². The third-order valence-corrected chi connectivity index (χ3v) is 3.51. The molecule has 0 saturated carbocycles. The Labute approximate surface area is 144 Å². The highest BCUT2D eigenvalue weighted by atomic mass is 79.9. The fourth-order valence-corrected chi connectivity index (χ4v) is 2.14. The van der Waals surface area contributed by atoms with Crippen LogP contribution >= 0.6 is 15.9 Å². The van der Waals surface area contributed by atoms with Gasteiger partial charge in [0.15, 0.2) is 5.69 Å². The standard InChI is InChI=1S/C17H19BrN4O/c1-17(2,3)15-10-14(20-21-15)16(23)22-19-11-13(18)9-12-7-5-4-6-8-12/h4-11H,1-3H3,(H,20,21)(H,22,23)/b13-9-,19-11+. The van der Waals surface area contributed by atoms with Crippen molar-refractivity contribution in [3.05, 3.63) is 57.8 Å². The molecule has 1 amide bonds. The largest absolute Gasteiger partial charge is 0.291 e. The minimum absolute atomic E-state index is 0.0871. The van der Waals surface area contributed by atoms with Crippen LogP contribution in [0.25, 0.3) is 6.08 Å². The Kier molecular flexibility index (Phi) is 5.50. The Morgan fingerprint density at radius 2 is 2.00 bits per heavy atom. The fourth-order valence-electron chi connectivity index (χ4n) is 1.78. The van der Waals surface area contributed by atoms with Crippen LogP contribution in [-0.4, -0.2) is 22.3 Å². The highest BCUT2D eigenvalue weighted by Crippen LogP contribution is 2.20. The summed E-state index contributed by atoms with van der Waals surface area (Å²) in [6.45, 7) is 6.14. The first kappa shape index (κ1) is 17.1. The van der Waals surface area contributed by atoms with Crippen molar-refractivity contribution in [1.82, 2.24) is 15.6 Å². The number of amides is 1. The number of carbonyl (C=O) groups excluding carboxylic acids is 1. The zero-order valence-corrected chi connectivity index (χ0v) is 14.9. The third kappa shape index (κ3) is 5.17. The lowest BCUT2D eigenvalue weighted by molar-refractivity contribution is 0.0950. The highest BCUT2D eigenvalue weighted by Gasteiger charge is 2.19. The molecule has 0 aliphatic heterocycles. The van der Waals surface area contributed by atoms with E-state index in [0.717, 1.165) is 15.7 Å². The van der Waals surface area contributed by atoms with Gasteiger partial charge in [0, 0.05) is 15.6 Å². The molecule has 1 heterocycles. The van der Waals surface area contributed by atoms with E-state index in [1.165, 1.54) is 6.21 Å². The van der Waals surface area contributed by atoms with E-state index in [9.17, 15) is 4.79 Å². The molecule has 1 aromatic heterocycles. The Morgan fingerprint density at radius 1 is 1.30 bits per heavy atom. The Balaban J connectivity index is 1.96. The van der Waals surface area contributed by atoms with Gasteiger partial charge in [-0.3, -0.25) is 9.89 Å². The number of halogens is 1. The van der Waals surface area contributed by atoms with Crippen LogP contribution in [0.15, 0.2) is 46.0 Å². The molecule has 0 aliphatic carbocycles. The predicted octanol–water partition coefficient (Wildman–Crippen LogP) is 3.86. The molecule has 6 heteroatoms. The maximum atomic E-state index is 12.0. The topological polar surface area (TPSA) is 70.1 Å². The molecule has 2 N–H and O–H groups in total. The van der Waals surface area contributed by atoms with E-state index in [-0.39, 0.29) is 11.3 Å². The number of H-pyrrole nitrogens is 1. The van der Waals surface area contributed by atoms with Crippen molar-refractivity contribution in [2.24, 2.45) is 5.10 Å². The lowest BCUT2D eigenvalue weighted by Gasteiger charge is -2.14. The molecule has 5 nitrogen and oxygen atoms in total. The number of carbonyl (C=O) groups is 1. The maximum absolute atomic E-state index is 12.0. The minimum atomic E-state index is -0.354. The zero-order chi connectivity index (χ0) is 16.9. The molecule has 2 aromatic rings. The molecule has 1 aromatic carbocycles. The number of hydrogen-bond donors (Lipinski definition) is 2. The molecule has 0 atom stereocenters. The van der Waals surface area contributed by atoms with Gasteiger partial charge >= 0.3 is 0 Å². The maximum Gasteiger partial charge on any atom is 0.291 e. The van der Waals surface area contributed by atoms with Gasteiger partial charge in [0.05, 0.1) is 6.21 Å². The summed E-state index contributed by atoms with van der Waals surface area (Å²) in [4.78, 5) is 12.0. The zero-order valence-electron chi connectivity index (χ0n) is 13.3. The van der Waals surface area contributed by atoms with E-state index >= 15 is 0 Å². The summed E-state index contributed by atoms with van der Waals surface area (Å²) >= 11 is 3.39. The molecule has 0 saturated heterocycles. The second kappa shape index (κ2) is 7.37. The van der Waals surface area contributed by atoms with Crippen LogP contribution in [0.4, 0.5) is 0 Å². The number of nitrogens with zero attached hydrogens (tertiary/aromatic N) is 2. The van der Waals surface area contributed by atoms with Crippen LogP contribution in [-0.2, 0) is 5.41 Å². The Morgan fingerprint density at radius 3 is 2.61 bits per heavy atom. The van der Waals surface area contributed by atoms with Crippen molar-refractivity contribution >= 4 is 34.1 Å². The average Bonchev–Trinajstić information content (AvgIpc) is 2.98. The minimum Gasteiger partial charge on any atom is -0.281 e. The number of hydrogen-bond acceptors (Lipinski definition) is 3. The summed E-state index contributed by atoms with van der Waals surface area (Å²) in [7, 11) is 0. The summed E-state index contributed by atoms with van der Waals surface area (Å²) < 4.78 is 0.751. The van der Waals surface area contributed by atoms with Crippen molar-refractivity contribution < 1.29 is 4.79 Å².